The molecule has 2 heteroatoms. The van der Waals surface area contributed by atoms with Crippen LogP contribution in [0.4, 0.5) is 5.69 Å². The molecule has 0 unspecified atom stereocenters. The van der Waals surface area contributed by atoms with Crippen LogP contribution >= 0.6 is 0 Å². The van der Waals surface area contributed by atoms with Gasteiger partial charge in [-0.25, -0.2) is 0 Å². The van der Waals surface area contributed by atoms with E-state index < -0.39 is 0 Å². The predicted molar refractivity (Wildman–Crippen MR) is 96.4 cm³/mol. The molecule has 22 heavy (non-hydrogen) atoms. The summed E-state index contributed by atoms with van der Waals surface area (Å²) in [5.41, 5.74) is 3.27. The highest BCUT2D eigenvalue weighted by atomic mass is 16.1. The van der Waals surface area contributed by atoms with Gasteiger partial charge in [0, 0.05) is 12.1 Å². The normalized spacial score (nSPS) is 10.7. The molecule has 0 aliphatic heterocycles. The van der Waals surface area contributed by atoms with E-state index in [2.05, 4.69) is 12.2 Å². The van der Waals surface area contributed by atoms with Gasteiger partial charge in [0.2, 0.25) is 5.91 Å². The van der Waals surface area contributed by atoms with Crippen molar-refractivity contribution in [3.05, 3.63) is 29.3 Å². The van der Waals surface area contributed by atoms with E-state index in [-0.39, 0.29) is 5.91 Å². The summed E-state index contributed by atoms with van der Waals surface area (Å²) in [4.78, 5) is 12.0. The Morgan fingerprint density at radius 3 is 1.91 bits per heavy atom. The first-order chi connectivity index (χ1) is 10.6. The Morgan fingerprint density at radius 2 is 1.36 bits per heavy atom. The van der Waals surface area contributed by atoms with Gasteiger partial charge in [-0.1, -0.05) is 76.5 Å². The molecule has 0 atom stereocenters. The van der Waals surface area contributed by atoms with Crippen LogP contribution in [0.2, 0.25) is 0 Å². The van der Waals surface area contributed by atoms with Gasteiger partial charge < -0.3 is 5.32 Å². The van der Waals surface area contributed by atoms with Crippen LogP contribution in [0.3, 0.4) is 0 Å². The van der Waals surface area contributed by atoms with Gasteiger partial charge in [-0.3, -0.25) is 4.79 Å². The van der Waals surface area contributed by atoms with E-state index in [0.717, 1.165) is 23.2 Å². The Kier molecular flexibility index (Phi) is 9.61. The van der Waals surface area contributed by atoms with Gasteiger partial charge in [0.1, 0.15) is 0 Å². The van der Waals surface area contributed by atoms with Gasteiger partial charge >= 0.3 is 0 Å². The number of carbonyl (C=O) groups is 1. The fourth-order valence-corrected chi connectivity index (χ4v) is 2.81. The van der Waals surface area contributed by atoms with Crippen molar-refractivity contribution in [2.75, 3.05) is 5.32 Å². The minimum Gasteiger partial charge on any atom is -0.326 e. The van der Waals surface area contributed by atoms with E-state index in [4.69, 9.17) is 0 Å². The zero-order valence-electron chi connectivity index (χ0n) is 14.7. The summed E-state index contributed by atoms with van der Waals surface area (Å²) in [5.74, 6) is 0.153. The smallest absolute Gasteiger partial charge is 0.224 e. The molecular weight excluding hydrogens is 270 g/mol. The molecule has 0 heterocycles. The molecule has 1 N–H and O–H groups in total. The Balaban J connectivity index is 2.09. The topological polar surface area (TPSA) is 29.1 Å². The first-order valence-corrected chi connectivity index (χ1v) is 9.01. The van der Waals surface area contributed by atoms with Crippen molar-refractivity contribution in [3.8, 4) is 0 Å². The third kappa shape index (κ3) is 7.63. The summed E-state index contributed by atoms with van der Waals surface area (Å²) in [6.07, 6.45) is 12.2. The highest BCUT2D eigenvalue weighted by Crippen LogP contribution is 2.20. The average molecular weight is 303 g/mol. The Hall–Kier alpha value is -1.31. The maximum Gasteiger partial charge on any atom is 0.224 e. The van der Waals surface area contributed by atoms with E-state index in [1.165, 1.54) is 51.4 Å². The number of carbonyl (C=O) groups excluding carboxylic acids is 1. The van der Waals surface area contributed by atoms with Crippen molar-refractivity contribution in [2.45, 2.75) is 85.0 Å². The standard InChI is InChI=1S/C20H33NO/c1-4-5-6-7-8-9-10-11-12-16-19(22)21-20-17(2)14-13-15-18(20)3/h13-15H,4-12,16H2,1-3H3,(H,21,22). The number of nitrogens with one attached hydrogen (secondary N) is 1. The lowest BCUT2D eigenvalue weighted by Crippen LogP contribution is -2.13. The zero-order valence-corrected chi connectivity index (χ0v) is 14.7. The van der Waals surface area contributed by atoms with Crippen LogP contribution in [0.5, 0.6) is 0 Å². The molecule has 1 amide bonds. The fraction of sp³-hybridized carbons (Fsp3) is 0.650. The minimum atomic E-state index is 0.153. The lowest BCUT2D eigenvalue weighted by molar-refractivity contribution is -0.116. The molecule has 0 bridgehead atoms. The van der Waals surface area contributed by atoms with E-state index in [1.807, 2.05) is 32.0 Å². The maximum absolute atomic E-state index is 12.0. The number of hydrogen-bond donors (Lipinski definition) is 1. The highest BCUT2D eigenvalue weighted by Gasteiger charge is 2.06. The lowest BCUT2D eigenvalue weighted by atomic mass is 10.1. The van der Waals surface area contributed by atoms with Crippen LogP contribution in [-0.4, -0.2) is 5.91 Å². The number of amides is 1. The number of anilines is 1. The van der Waals surface area contributed by atoms with Crippen LogP contribution in [0.15, 0.2) is 18.2 Å². The van der Waals surface area contributed by atoms with Gasteiger partial charge in [0.25, 0.3) is 0 Å². The number of benzene rings is 1. The summed E-state index contributed by atoms with van der Waals surface area (Å²) in [7, 11) is 0. The largest absolute Gasteiger partial charge is 0.326 e. The van der Waals surface area contributed by atoms with Crippen molar-refractivity contribution in [2.24, 2.45) is 0 Å². The third-order valence-electron chi connectivity index (χ3n) is 4.25. The van der Waals surface area contributed by atoms with Crippen molar-refractivity contribution in [1.29, 1.82) is 0 Å². The predicted octanol–water partition coefficient (Wildman–Crippen LogP) is 6.16. The van der Waals surface area contributed by atoms with Crippen molar-refractivity contribution < 1.29 is 4.79 Å². The molecule has 0 aromatic heterocycles. The number of unbranched alkanes of at least 4 members (excludes halogenated alkanes) is 8. The molecule has 0 saturated heterocycles. The van der Waals surface area contributed by atoms with Crippen LogP contribution in [0, 0.1) is 13.8 Å². The third-order valence-corrected chi connectivity index (χ3v) is 4.25. The summed E-state index contributed by atoms with van der Waals surface area (Å²) < 4.78 is 0. The highest BCUT2D eigenvalue weighted by molar-refractivity contribution is 5.92. The van der Waals surface area contributed by atoms with Gasteiger partial charge in [-0.2, -0.15) is 0 Å². The van der Waals surface area contributed by atoms with E-state index in [1.54, 1.807) is 0 Å². The summed E-state index contributed by atoms with van der Waals surface area (Å²) in [5, 5.41) is 3.06. The molecule has 0 spiro atoms. The second-order valence-electron chi connectivity index (χ2n) is 6.39. The molecular formula is C20H33NO. The zero-order chi connectivity index (χ0) is 16.2. The Labute approximate surface area is 136 Å². The van der Waals surface area contributed by atoms with Crippen molar-refractivity contribution >= 4 is 11.6 Å². The first kappa shape index (κ1) is 18.7. The molecule has 0 radical (unpaired) electrons. The van der Waals surface area contributed by atoms with Crippen LogP contribution < -0.4 is 5.32 Å². The number of hydrogen-bond acceptors (Lipinski definition) is 1. The SMILES string of the molecule is CCCCCCCCCCCC(=O)Nc1c(C)cccc1C. The molecule has 0 aliphatic rings. The van der Waals surface area contributed by atoms with Gasteiger partial charge in [-0.15, -0.1) is 0 Å². The molecule has 0 fully saturated rings. The van der Waals surface area contributed by atoms with Crippen molar-refractivity contribution in [3.63, 3.8) is 0 Å². The van der Waals surface area contributed by atoms with Crippen LogP contribution in [0.1, 0.15) is 82.3 Å². The molecule has 1 rings (SSSR count). The number of para-hydroxylation sites is 1. The second kappa shape index (κ2) is 11.3. The number of aryl methyl sites for hydroxylation is 2. The quantitative estimate of drug-likeness (QED) is 0.487. The van der Waals surface area contributed by atoms with Gasteiger partial charge in [0.05, 0.1) is 0 Å². The monoisotopic (exact) mass is 303 g/mol. The number of rotatable bonds is 11. The summed E-state index contributed by atoms with van der Waals surface area (Å²) >= 11 is 0. The van der Waals surface area contributed by atoms with Crippen molar-refractivity contribution in [1.82, 2.24) is 0 Å². The fourth-order valence-electron chi connectivity index (χ4n) is 2.81. The molecule has 124 valence electrons. The average Bonchev–Trinajstić information content (AvgIpc) is 2.49. The van der Waals surface area contributed by atoms with Crippen LogP contribution in [0.25, 0.3) is 0 Å². The minimum absolute atomic E-state index is 0.153. The Morgan fingerprint density at radius 1 is 0.864 bits per heavy atom. The Bertz CT molecular complexity index is 419. The van der Waals surface area contributed by atoms with Gasteiger partial charge in [-0.05, 0) is 31.4 Å². The van der Waals surface area contributed by atoms with E-state index in [9.17, 15) is 4.79 Å². The molecule has 1 aromatic carbocycles. The molecule has 0 saturated carbocycles. The van der Waals surface area contributed by atoms with E-state index in [0.29, 0.717) is 6.42 Å². The summed E-state index contributed by atoms with van der Waals surface area (Å²) in [6, 6.07) is 6.11. The molecule has 1 aromatic rings. The first-order valence-electron chi connectivity index (χ1n) is 9.01. The van der Waals surface area contributed by atoms with E-state index >= 15 is 0 Å². The molecule has 2 nitrogen and oxygen atoms in total. The maximum atomic E-state index is 12.0. The molecule has 0 aliphatic carbocycles. The second-order valence-corrected chi connectivity index (χ2v) is 6.39. The lowest BCUT2D eigenvalue weighted by Gasteiger charge is -2.11. The van der Waals surface area contributed by atoms with Crippen LogP contribution in [-0.2, 0) is 4.79 Å². The summed E-state index contributed by atoms with van der Waals surface area (Å²) in [6.45, 7) is 6.34. The van der Waals surface area contributed by atoms with Gasteiger partial charge in [0.15, 0.2) is 0 Å².